The molecule has 2 aliphatic carbocycles. The molecule has 0 saturated carbocycles. The number of anilines is 1. The van der Waals surface area contributed by atoms with E-state index in [1.165, 1.54) is 66.1 Å². The van der Waals surface area contributed by atoms with Crippen LogP contribution in [0.4, 0.5) is 5.69 Å². The summed E-state index contributed by atoms with van der Waals surface area (Å²) >= 11 is 0. The molecule has 2 aliphatic rings. The van der Waals surface area contributed by atoms with Gasteiger partial charge in [0.2, 0.25) is 0 Å². The summed E-state index contributed by atoms with van der Waals surface area (Å²) in [6.45, 7) is 17.2. The van der Waals surface area contributed by atoms with Gasteiger partial charge in [-0.2, -0.15) is 0 Å². The average Bonchev–Trinajstić information content (AvgIpc) is 3.29. The summed E-state index contributed by atoms with van der Waals surface area (Å²) in [6.07, 6.45) is 5.55. The molecule has 1 N–H and O–H groups in total. The van der Waals surface area contributed by atoms with E-state index in [0.29, 0.717) is 0 Å². The van der Waals surface area contributed by atoms with Crippen LogP contribution in [-0.4, -0.2) is 0 Å². The molecule has 1 heteroatoms. The Morgan fingerprint density at radius 3 is 1.95 bits per heavy atom. The topological polar surface area (TPSA) is 12.0 Å². The molecule has 0 unspecified atom stereocenters. The highest BCUT2D eigenvalue weighted by atomic mass is 14.9. The highest BCUT2D eigenvalue weighted by molar-refractivity contribution is 6.10. The Hall–Kier alpha value is -4.36. The Kier molecular flexibility index (Phi) is 4.91. The maximum absolute atomic E-state index is 3.93. The van der Waals surface area contributed by atoms with Crippen molar-refractivity contribution in [1.82, 2.24) is 0 Å². The van der Waals surface area contributed by atoms with Crippen molar-refractivity contribution >= 4 is 27.2 Å². The number of fused-ring (bicyclic) bond motifs is 9. The van der Waals surface area contributed by atoms with Crippen LogP contribution in [0.15, 0.2) is 116 Å². The van der Waals surface area contributed by atoms with E-state index in [4.69, 9.17) is 0 Å². The van der Waals surface area contributed by atoms with Crippen molar-refractivity contribution in [3.8, 4) is 22.3 Å². The standard InChI is InChI=1S/C38H33N/c1-7-11-25(8-2)39-26-16-17-28-31-21-36-32(22-35(31)38(5,6)34(28)19-26)30-20-29-24(18-33(30)37(36,3)4)15-14-23-12-9-10-13-27(23)29/h7-22,39H,1-2H2,3-6H3/b25-11+. The fourth-order valence-electron chi connectivity index (χ4n) is 6.99. The number of rotatable bonds is 4. The molecule has 0 fully saturated rings. The van der Waals surface area contributed by atoms with Crippen LogP contribution in [0.25, 0.3) is 43.8 Å². The zero-order valence-electron chi connectivity index (χ0n) is 23.2. The lowest BCUT2D eigenvalue weighted by Gasteiger charge is -2.24. The molecule has 0 heterocycles. The quantitative estimate of drug-likeness (QED) is 0.190. The third kappa shape index (κ3) is 3.26. The Morgan fingerprint density at radius 2 is 1.23 bits per heavy atom. The molecule has 0 saturated heterocycles. The summed E-state index contributed by atoms with van der Waals surface area (Å²) in [5, 5.41) is 8.76. The summed E-state index contributed by atoms with van der Waals surface area (Å²) in [5.41, 5.74) is 12.9. The Labute approximate surface area is 231 Å². The predicted octanol–water partition coefficient (Wildman–Crippen LogP) is 10.3. The zero-order chi connectivity index (χ0) is 27.1. The normalized spacial score (nSPS) is 15.9. The van der Waals surface area contributed by atoms with Crippen molar-refractivity contribution in [3.63, 3.8) is 0 Å². The first-order valence-electron chi connectivity index (χ1n) is 13.8. The summed E-state index contributed by atoms with van der Waals surface area (Å²) in [7, 11) is 0. The van der Waals surface area contributed by atoms with E-state index < -0.39 is 0 Å². The molecule has 190 valence electrons. The molecule has 0 radical (unpaired) electrons. The Balaban J connectivity index is 1.42. The van der Waals surface area contributed by atoms with Gasteiger partial charge in [0.25, 0.3) is 0 Å². The second-order valence-corrected chi connectivity index (χ2v) is 12.0. The molecule has 39 heavy (non-hydrogen) atoms. The van der Waals surface area contributed by atoms with Crippen molar-refractivity contribution in [2.45, 2.75) is 38.5 Å². The SMILES string of the molecule is C=C/C=C(\C=C)Nc1ccc2c(c1)C(C)(C)c1cc3c(cc1-2)C(C)(C)c1cc2ccc4ccccc4c2cc1-3. The first-order valence-corrected chi connectivity index (χ1v) is 13.8. The summed E-state index contributed by atoms with van der Waals surface area (Å²) in [6, 6.07) is 29.9. The highest BCUT2D eigenvalue weighted by Crippen LogP contribution is 2.57. The van der Waals surface area contributed by atoms with Gasteiger partial charge in [0.1, 0.15) is 0 Å². The largest absolute Gasteiger partial charge is 0.356 e. The fourth-order valence-corrected chi connectivity index (χ4v) is 6.99. The van der Waals surface area contributed by atoms with Gasteiger partial charge in [-0.15, -0.1) is 0 Å². The molecular formula is C38H33N. The van der Waals surface area contributed by atoms with Crippen LogP contribution in [-0.2, 0) is 10.8 Å². The molecule has 0 atom stereocenters. The zero-order valence-corrected chi connectivity index (χ0v) is 23.2. The van der Waals surface area contributed by atoms with Crippen molar-refractivity contribution in [2.24, 2.45) is 0 Å². The molecule has 0 aliphatic heterocycles. The average molecular weight is 504 g/mol. The predicted molar refractivity (Wildman–Crippen MR) is 169 cm³/mol. The van der Waals surface area contributed by atoms with Crippen molar-refractivity contribution in [2.75, 3.05) is 5.32 Å². The van der Waals surface area contributed by atoms with Crippen molar-refractivity contribution < 1.29 is 0 Å². The first kappa shape index (κ1) is 23.7. The minimum atomic E-state index is -0.107. The molecule has 0 aromatic heterocycles. The van der Waals surface area contributed by atoms with E-state index in [0.717, 1.165) is 11.4 Å². The van der Waals surface area contributed by atoms with Crippen LogP contribution in [0, 0.1) is 0 Å². The number of nitrogens with one attached hydrogen (secondary N) is 1. The monoisotopic (exact) mass is 503 g/mol. The molecule has 0 bridgehead atoms. The van der Waals surface area contributed by atoms with Gasteiger partial charge in [0.15, 0.2) is 0 Å². The van der Waals surface area contributed by atoms with E-state index in [2.05, 4.69) is 125 Å². The second kappa shape index (κ2) is 8.07. The van der Waals surface area contributed by atoms with Gasteiger partial charge >= 0.3 is 0 Å². The van der Waals surface area contributed by atoms with Gasteiger partial charge in [-0.05, 0) is 115 Å². The minimum absolute atomic E-state index is 0.0672. The lowest BCUT2D eigenvalue weighted by molar-refractivity contribution is 0.652. The van der Waals surface area contributed by atoms with Crippen molar-refractivity contribution in [3.05, 3.63) is 138 Å². The molecule has 5 aromatic carbocycles. The van der Waals surface area contributed by atoms with Crippen LogP contribution >= 0.6 is 0 Å². The summed E-state index contributed by atoms with van der Waals surface area (Å²) in [5.74, 6) is 0. The molecule has 0 amide bonds. The van der Waals surface area contributed by atoms with E-state index in [1.807, 2.05) is 12.2 Å². The van der Waals surface area contributed by atoms with Gasteiger partial charge in [-0.3, -0.25) is 0 Å². The van der Waals surface area contributed by atoms with Crippen LogP contribution in [0.5, 0.6) is 0 Å². The summed E-state index contributed by atoms with van der Waals surface area (Å²) < 4.78 is 0. The molecule has 1 nitrogen and oxygen atoms in total. The molecular weight excluding hydrogens is 470 g/mol. The van der Waals surface area contributed by atoms with Crippen LogP contribution in [0.2, 0.25) is 0 Å². The minimum Gasteiger partial charge on any atom is -0.356 e. The Morgan fingerprint density at radius 1 is 0.615 bits per heavy atom. The van der Waals surface area contributed by atoms with Gasteiger partial charge in [0, 0.05) is 22.2 Å². The number of benzene rings is 5. The third-order valence-corrected chi connectivity index (χ3v) is 9.14. The van der Waals surface area contributed by atoms with Gasteiger partial charge in [-0.25, -0.2) is 0 Å². The lowest BCUT2D eigenvalue weighted by atomic mass is 9.79. The maximum atomic E-state index is 3.93. The maximum Gasteiger partial charge on any atom is 0.0387 e. The number of allylic oxidation sites excluding steroid dienone is 3. The molecule has 7 rings (SSSR count). The lowest BCUT2D eigenvalue weighted by Crippen LogP contribution is -2.17. The second-order valence-electron chi connectivity index (χ2n) is 12.0. The third-order valence-electron chi connectivity index (χ3n) is 9.14. The van der Waals surface area contributed by atoms with Crippen LogP contribution < -0.4 is 5.32 Å². The fraction of sp³-hybridized carbons (Fsp3) is 0.158. The number of hydrogen-bond acceptors (Lipinski definition) is 1. The van der Waals surface area contributed by atoms with E-state index >= 15 is 0 Å². The first-order chi connectivity index (χ1) is 18.7. The van der Waals surface area contributed by atoms with Crippen molar-refractivity contribution in [1.29, 1.82) is 0 Å². The highest BCUT2D eigenvalue weighted by Gasteiger charge is 2.41. The Bertz CT molecular complexity index is 1910. The summed E-state index contributed by atoms with van der Waals surface area (Å²) in [4.78, 5) is 0. The van der Waals surface area contributed by atoms with Gasteiger partial charge in [0.05, 0.1) is 0 Å². The van der Waals surface area contributed by atoms with E-state index in [9.17, 15) is 0 Å². The van der Waals surface area contributed by atoms with Gasteiger partial charge in [-0.1, -0.05) is 89.4 Å². The van der Waals surface area contributed by atoms with E-state index in [1.54, 1.807) is 6.08 Å². The molecule has 5 aromatic rings. The van der Waals surface area contributed by atoms with E-state index in [-0.39, 0.29) is 10.8 Å². The smallest absolute Gasteiger partial charge is 0.0387 e. The molecule has 0 spiro atoms. The van der Waals surface area contributed by atoms with Crippen LogP contribution in [0.3, 0.4) is 0 Å². The van der Waals surface area contributed by atoms with Crippen LogP contribution in [0.1, 0.15) is 49.9 Å². The number of hydrogen-bond donors (Lipinski definition) is 1. The van der Waals surface area contributed by atoms with Gasteiger partial charge < -0.3 is 5.32 Å².